The lowest BCUT2D eigenvalue weighted by atomic mass is 9.96. The van der Waals surface area contributed by atoms with E-state index in [0.29, 0.717) is 16.9 Å². The Hall–Kier alpha value is -3.60. The van der Waals surface area contributed by atoms with Crippen molar-refractivity contribution in [2.75, 3.05) is 5.32 Å². The monoisotopic (exact) mass is 371 g/mol. The second kappa shape index (κ2) is 7.19. The Balaban J connectivity index is 1.87. The van der Waals surface area contributed by atoms with Gasteiger partial charge in [-0.3, -0.25) is 0 Å². The number of anilines is 1. The van der Waals surface area contributed by atoms with Crippen LogP contribution in [0.5, 0.6) is 11.5 Å². The van der Waals surface area contributed by atoms with E-state index < -0.39 is 6.04 Å². The van der Waals surface area contributed by atoms with Crippen LogP contribution in [0.3, 0.4) is 0 Å². The fourth-order valence-corrected chi connectivity index (χ4v) is 3.33. The third-order valence-corrected chi connectivity index (χ3v) is 4.73. The molecule has 140 valence electrons. The molecule has 0 aliphatic heterocycles. The van der Waals surface area contributed by atoms with Crippen LogP contribution in [0.15, 0.2) is 66.9 Å². The highest BCUT2D eigenvalue weighted by Gasteiger charge is 2.21. The van der Waals surface area contributed by atoms with Crippen LogP contribution in [-0.2, 0) is 0 Å². The molecule has 0 unspecified atom stereocenters. The number of benzene rings is 2. The predicted molar refractivity (Wildman–Crippen MR) is 111 cm³/mol. The molecule has 0 aliphatic rings. The molecule has 4 rings (SSSR count). The lowest BCUT2D eigenvalue weighted by Crippen LogP contribution is -2.14. The van der Waals surface area contributed by atoms with Crippen molar-refractivity contribution in [1.29, 1.82) is 0 Å². The molecule has 0 aliphatic carbocycles. The Morgan fingerprint density at radius 1 is 0.929 bits per heavy atom. The summed E-state index contributed by atoms with van der Waals surface area (Å²) in [5.74, 6) is 0.968. The van der Waals surface area contributed by atoms with Gasteiger partial charge in [0.15, 0.2) is 0 Å². The summed E-state index contributed by atoms with van der Waals surface area (Å²) in [6.45, 7) is 3.89. The van der Waals surface area contributed by atoms with Gasteiger partial charge in [-0.05, 0) is 55.3 Å². The molecule has 0 saturated carbocycles. The van der Waals surface area contributed by atoms with Crippen molar-refractivity contribution in [3.05, 3.63) is 89.2 Å². The SMILES string of the molecule is Cc1ccnc(N[C@@H](c2cccc(O)c2)c2ccc3ccc(C)nc3c2O)c1. The predicted octanol–water partition coefficient (Wildman–Crippen LogP) is 4.86. The number of nitrogens with zero attached hydrogens (tertiary/aromatic N) is 2. The molecule has 2 aromatic carbocycles. The van der Waals surface area contributed by atoms with Gasteiger partial charge in [-0.2, -0.15) is 0 Å². The minimum Gasteiger partial charge on any atom is -0.508 e. The van der Waals surface area contributed by atoms with Crippen molar-refractivity contribution in [3.8, 4) is 11.5 Å². The molecule has 5 nitrogen and oxygen atoms in total. The standard InChI is InChI=1S/C23H21N3O2/c1-14-10-11-24-20(12-14)26-21(17-4-3-5-18(27)13-17)19-9-8-16-7-6-15(2)25-22(16)23(19)28/h3-13,21,27-28H,1-2H3,(H,24,26)/t21-/m0/s1. The fraction of sp³-hybridized carbons (Fsp3) is 0.130. The van der Waals surface area contributed by atoms with Crippen LogP contribution in [-0.4, -0.2) is 20.2 Å². The van der Waals surface area contributed by atoms with Crippen LogP contribution in [0.1, 0.15) is 28.4 Å². The number of hydrogen-bond acceptors (Lipinski definition) is 5. The number of fused-ring (bicyclic) bond motifs is 1. The van der Waals surface area contributed by atoms with Gasteiger partial charge in [-0.15, -0.1) is 0 Å². The molecular formula is C23H21N3O2. The van der Waals surface area contributed by atoms with Crippen molar-refractivity contribution >= 4 is 16.7 Å². The van der Waals surface area contributed by atoms with Gasteiger partial charge in [0.1, 0.15) is 22.8 Å². The normalized spacial score (nSPS) is 12.1. The van der Waals surface area contributed by atoms with Gasteiger partial charge in [-0.1, -0.05) is 30.3 Å². The van der Waals surface area contributed by atoms with Gasteiger partial charge in [-0.25, -0.2) is 9.97 Å². The highest BCUT2D eigenvalue weighted by Crippen LogP contribution is 2.37. The van der Waals surface area contributed by atoms with E-state index in [1.54, 1.807) is 24.4 Å². The second-order valence-electron chi connectivity index (χ2n) is 6.92. The van der Waals surface area contributed by atoms with Crippen molar-refractivity contribution < 1.29 is 10.2 Å². The average molecular weight is 371 g/mol. The third kappa shape index (κ3) is 3.47. The molecule has 0 spiro atoms. The van der Waals surface area contributed by atoms with Gasteiger partial charge < -0.3 is 15.5 Å². The summed E-state index contributed by atoms with van der Waals surface area (Å²) in [7, 11) is 0. The first-order valence-corrected chi connectivity index (χ1v) is 9.08. The Bertz CT molecular complexity index is 1160. The van der Waals surface area contributed by atoms with Crippen LogP contribution < -0.4 is 5.32 Å². The first-order valence-electron chi connectivity index (χ1n) is 9.08. The van der Waals surface area contributed by atoms with Crippen LogP contribution in [0.25, 0.3) is 10.9 Å². The molecule has 0 saturated heterocycles. The minimum absolute atomic E-state index is 0.120. The summed E-state index contributed by atoms with van der Waals surface area (Å²) in [5.41, 5.74) is 3.95. The molecule has 0 bridgehead atoms. The molecule has 28 heavy (non-hydrogen) atoms. The van der Waals surface area contributed by atoms with Gasteiger partial charge >= 0.3 is 0 Å². The number of phenols is 2. The highest BCUT2D eigenvalue weighted by atomic mass is 16.3. The molecule has 4 aromatic rings. The van der Waals surface area contributed by atoms with Gasteiger partial charge in [0.25, 0.3) is 0 Å². The largest absolute Gasteiger partial charge is 0.508 e. The number of aromatic hydroxyl groups is 2. The smallest absolute Gasteiger partial charge is 0.147 e. The maximum atomic E-state index is 11.0. The molecule has 0 amide bonds. The number of hydrogen-bond donors (Lipinski definition) is 3. The first kappa shape index (κ1) is 17.8. The molecule has 1 atom stereocenters. The maximum absolute atomic E-state index is 11.0. The lowest BCUT2D eigenvalue weighted by Gasteiger charge is -2.22. The van der Waals surface area contributed by atoms with E-state index in [0.717, 1.165) is 22.2 Å². The first-order chi connectivity index (χ1) is 13.5. The molecule has 3 N–H and O–H groups in total. The number of aryl methyl sites for hydroxylation is 2. The van der Waals surface area contributed by atoms with Crippen molar-refractivity contribution in [2.24, 2.45) is 0 Å². The molecule has 2 aromatic heterocycles. The van der Waals surface area contributed by atoms with E-state index in [-0.39, 0.29) is 11.5 Å². The zero-order valence-electron chi connectivity index (χ0n) is 15.7. The number of rotatable bonds is 4. The average Bonchev–Trinajstić information content (AvgIpc) is 2.67. The molecule has 0 fully saturated rings. The van der Waals surface area contributed by atoms with E-state index in [2.05, 4.69) is 15.3 Å². The summed E-state index contributed by atoms with van der Waals surface area (Å²) >= 11 is 0. The number of phenolic OH excluding ortho intramolecular Hbond substituents is 2. The third-order valence-electron chi connectivity index (χ3n) is 4.73. The molecular weight excluding hydrogens is 350 g/mol. The fourth-order valence-electron chi connectivity index (χ4n) is 3.33. The Morgan fingerprint density at radius 3 is 2.54 bits per heavy atom. The quantitative estimate of drug-likeness (QED) is 0.477. The zero-order chi connectivity index (χ0) is 19.7. The maximum Gasteiger partial charge on any atom is 0.147 e. The van der Waals surface area contributed by atoms with Gasteiger partial charge in [0.2, 0.25) is 0 Å². The van der Waals surface area contributed by atoms with Crippen LogP contribution in [0.4, 0.5) is 5.82 Å². The number of aromatic nitrogens is 2. The van der Waals surface area contributed by atoms with E-state index >= 15 is 0 Å². The second-order valence-corrected chi connectivity index (χ2v) is 6.92. The van der Waals surface area contributed by atoms with E-state index in [9.17, 15) is 10.2 Å². The molecule has 5 heteroatoms. The Morgan fingerprint density at radius 2 is 1.75 bits per heavy atom. The number of pyridine rings is 2. The van der Waals surface area contributed by atoms with Gasteiger partial charge in [0, 0.05) is 22.8 Å². The molecule has 0 radical (unpaired) electrons. The van der Waals surface area contributed by atoms with Gasteiger partial charge in [0.05, 0.1) is 6.04 Å². The minimum atomic E-state index is -0.409. The summed E-state index contributed by atoms with van der Waals surface area (Å²) in [6, 6.07) is 18.1. The Labute approximate surface area is 163 Å². The summed E-state index contributed by atoms with van der Waals surface area (Å²) < 4.78 is 0. The van der Waals surface area contributed by atoms with Crippen molar-refractivity contribution in [1.82, 2.24) is 9.97 Å². The van der Waals surface area contributed by atoms with Crippen LogP contribution in [0, 0.1) is 13.8 Å². The van der Waals surface area contributed by atoms with E-state index in [4.69, 9.17) is 0 Å². The summed E-state index contributed by atoms with van der Waals surface area (Å²) in [5, 5.41) is 25.3. The van der Waals surface area contributed by atoms with Crippen molar-refractivity contribution in [2.45, 2.75) is 19.9 Å². The van der Waals surface area contributed by atoms with Crippen molar-refractivity contribution in [3.63, 3.8) is 0 Å². The Kier molecular flexibility index (Phi) is 4.57. The summed E-state index contributed by atoms with van der Waals surface area (Å²) in [6.07, 6.45) is 1.74. The molecule has 2 heterocycles. The number of nitrogens with one attached hydrogen (secondary N) is 1. The zero-order valence-corrected chi connectivity index (χ0v) is 15.7. The van der Waals surface area contributed by atoms with E-state index in [1.165, 1.54) is 0 Å². The summed E-state index contributed by atoms with van der Waals surface area (Å²) in [4.78, 5) is 8.90. The topological polar surface area (TPSA) is 78.3 Å². The lowest BCUT2D eigenvalue weighted by molar-refractivity contribution is 0.469. The van der Waals surface area contributed by atoms with Crippen LogP contribution >= 0.6 is 0 Å². The van der Waals surface area contributed by atoms with Crippen LogP contribution in [0.2, 0.25) is 0 Å². The van der Waals surface area contributed by atoms with E-state index in [1.807, 2.05) is 56.3 Å². The highest BCUT2D eigenvalue weighted by molar-refractivity contribution is 5.86.